The molecule has 1 aromatic rings. The monoisotopic (exact) mass is 288 g/mol. The van der Waals surface area contributed by atoms with Gasteiger partial charge in [-0.1, -0.05) is 18.2 Å². The maximum atomic E-state index is 13.0. The van der Waals surface area contributed by atoms with Crippen LogP contribution >= 0.6 is 0 Å². The first kappa shape index (κ1) is 15.1. The summed E-state index contributed by atoms with van der Waals surface area (Å²) in [5.74, 6) is -1.35. The highest BCUT2D eigenvalue weighted by atomic mass is 19.4. The fourth-order valence-electron chi connectivity index (χ4n) is 2.45. The lowest BCUT2D eigenvalue weighted by atomic mass is 10.1. The minimum atomic E-state index is -4.17. The molecule has 0 aliphatic carbocycles. The van der Waals surface area contributed by atoms with E-state index in [1.165, 1.54) is 0 Å². The summed E-state index contributed by atoms with van der Waals surface area (Å²) < 4.78 is 44.0. The smallest absolute Gasteiger partial charge is 0.380 e. The van der Waals surface area contributed by atoms with Crippen LogP contribution in [-0.2, 0) is 11.3 Å². The number of nitrogens with zero attached hydrogens (tertiary/aromatic N) is 1. The van der Waals surface area contributed by atoms with E-state index in [2.05, 4.69) is 5.32 Å². The summed E-state index contributed by atoms with van der Waals surface area (Å²) in [5, 5.41) is 2.86. The molecule has 3 nitrogen and oxygen atoms in total. The third kappa shape index (κ3) is 3.64. The van der Waals surface area contributed by atoms with Gasteiger partial charge in [0, 0.05) is 44.5 Å². The molecule has 0 radical (unpaired) electrons. The average molecular weight is 288 g/mol. The van der Waals surface area contributed by atoms with Gasteiger partial charge in [0.15, 0.2) is 0 Å². The molecule has 0 saturated carbocycles. The maximum Gasteiger partial charge on any atom is 0.394 e. The zero-order valence-corrected chi connectivity index (χ0v) is 11.4. The van der Waals surface area contributed by atoms with Crippen LogP contribution in [-0.4, -0.2) is 39.5 Å². The fraction of sp³-hybridized carbons (Fsp3) is 0.571. The molecule has 112 valence electrons. The molecule has 1 aliphatic heterocycles. The van der Waals surface area contributed by atoms with E-state index in [1.807, 2.05) is 24.3 Å². The summed E-state index contributed by atoms with van der Waals surface area (Å²) in [6.07, 6.45) is -4.17. The number of hydrogen-bond acceptors (Lipinski definition) is 3. The van der Waals surface area contributed by atoms with Crippen molar-refractivity contribution in [3.63, 3.8) is 0 Å². The molecule has 1 N–H and O–H groups in total. The van der Waals surface area contributed by atoms with Gasteiger partial charge in [-0.3, -0.25) is 0 Å². The van der Waals surface area contributed by atoms with Crippen LogP contribution in [0.4, 0.5) is 18.9 Å². The van der Waals surface area contributed by atoms with E-state index in [4.69, 9.17) is 4.74 Å². The minimum Gasteiger partial charge on any atom is -0.380 e. The first-order valence-electron chi connectivity index (χ1n) is 6.61. The summed E-state index contributed by atoms with van der Waals surface area (Å²) in [7, 11) is 1.58. The first-order valence-corrected chi connectivity index (χ1v) is 6.61. The van der Waals surface area contributed by atoms with Crippen LogP contribution in [0, 0.1) is 5.92 Å². The molecular formula is C14H19F3N2O. The van der Waals surface area contributed by atoms with E-state index >= 15 is 0 Å². The van der Waals surface area contributed by atoms with Gasteiger partial charge in [-0.15, -0.1) is 0 Å². The molecule has 0 amide bonds. The van der Waals surface area contributed by atoms with Crippen molar-refractivity contribution in [2.24, 2.45) is 5.92 Å². The standard InChI is InChI=1S/C14H19F3N2O/c1-20-10-11-4-2-3-5-13(11)19-7-6-18-8-12(9-19)14(15,16)17/h2-5,12,18H,6-10H2,1H3. The number of halogens is 3. The summed E-state index contributed by atoms with van der Waals surface area (Å²) in [5.41, 5.74) is 1.74. The Balaban J connectivity index is 2.22. The largest absolute Gasteiger partial charge is 0.394 e. The third-order valence-corrected chi connectivity index (χ3v) is 3.49. The summed E-state index contributed by atoms with van der Waals surface area (Å²) in [6, 6.07) is 7.46. The van der Waals surface area contributed by atoms with Gasteiger partial charge < -0.3 is 15.0 Å². The molecule has 20 heavy (non-hydrogen) atoms. The molecule has 1 fully saturated rings. The number of rotatable bonds is 3. The quantitative estimate of drug-likeness (QED) is 0.924. The van der Waals surface area contributed by atoms with E-state index in [0.29, 0.717) is 19.7 Å². The summed E-state index contributed by atoms with van der Waals surface area (Å²) in [4.78, 5) is 1.80. The molecular weight excluding hydrogens is 269 g/mol. The Kier molecular flexibility index (Phi) is 4.88. The minimum absolute atomic E-state index is 0.0166. The third-order valence-electron chi connectivity index (χ3n) is 3.49. The number of anilines is 1. The Morgan fingerprint density at radius 2 is 2.10 bits per heavy atom. The molecule has 1 aliphatic rings. The second kappa shape index (κ2) is 6.45. The number of benzene rings is 1. The van der Waals surface area contributed by atoms with Crippen LogP contribution in [0.2, 0.25) is 0 Å². The number of nitrogens with one attached hydrogen (secondary N) is 1. The van der Waals surface area contributed by atoms with Crippen molar-refractivity contribution in [1.82, 2.24) is 5.32 Å². The normalized spacial score (nSPS) is 20.8. The Morgan fingerprint density at radius 3 is 2.80 bits per heavy atom. The lowest BCUT2D eigenvalue weighted by molar-refractivity contribution is -0.169. The van der Waals surface area contributed by atoms with Gasteiger partial charge >= 0.3 is 6.18 Å². The van der Waals surface area contributed by atoms with Crippen molar-refractivity contribution < 1.29 is 17.9 Å². The van der Waals surface area contributed by atoms with Crippen LogP contribution in [0.3, 0.4) is 0 Å². The van der Waals surface area contributed by atoms with Crippen LogP contribution in [0.15, 0.2) is 24.3 Å². The van der Waals surface area contributed by atoms with E-state index < -0.39 is 12.1 Å². The van der Waals surface area contributed by atoms with Gasteiger partial charge in [-0.25, -0.2) is 0 Å². The number of para-hydroxylation sites is 1. The van der Waals surface area contributed by atoms with Gasteiger partial charge in [0.25, 0.3) is 0 Å². The van der Waals surface area contributed by atoms with Gasteiger partial charge in [-0.05, 0) is 6.07 Å². The van der Waals surface area contributed by atoms with E-state index in [0.717, 1.165) is 11.3 Å². The van der Waals surface area contributed by atoms with Crippen LogP contribution < -0.4 is 10.2 Å². The van der Waals surface area contributed by atoms with Gasteiger partial charge in [0.1, 0.15) is 0 Å². The Morgan fingerprint density at radius 1 is 1.35 bits per heavy atom. The Hall–Kier alpha value is -1.27. The Bertz CT molecular complexity index is 437. The first-order chi connectivity index (χ1) is 9.52. The molecule has 1 heterocycles. The predicted octanol–water partition coefficient (Wildman–Crippen LogP) is 2.42. The maximum absolute atomic E-state index is 13.0. The second-order valence-corrected chi connectivity index (χ2v) is 4.95. The zero-order valence-electron chi connectivity index (χ0n) is 11.4. The summed E-state index contributed by atoms with van der Waals surface area (Å²) in [6.45, 7) is 1.47. The van der Waals surface area contributed by atoms with Crippen LogP contribution in [0.25, 0.3) is 0 Å². The predicted molar refractivity (Wildman–Crippen MR) is 71.8 cm³/mol. The zero-order chi connectivity index (χ0) is 14.6. The molecule has 1 unspecified atom stereocenters. The van der Waals surface area contributed by atoms with Crippen molar-refractivity contribution in [2.45, 2.75) is 12.8 Å². The van der Waals surface area contributed by atoms with Crippen molar-refractivity contribution in [3.05, 3.63) is 29.8 Å². The SMILES string of the molecule is COCc1ccccc1N1CCNCC(C(F)(F)F)C1. The van der Waals surface area contributed by atoms with Crippen LogP contribution in [0.5, 0.6) is 0 Å². The second-order valence-electron chi connectivity index (χ2n) is 4.95. The van der Waals surface area contributed by atoms with Gasteiger partial charge in [0.05, 0.1) is 12.5 Å². The molecule has 0 spiro atoms. The summed E-state index contributed by atoms with van der Waals surface area (Å²) >= 11 is 0. The number of hydrogen-bond donors (Lipinski definition) is 1. The molecule has 1 aromatic carbocycles. The Labute approximate surface area is 116 Å². The van der Waals surface area contributed by atoms with Crippen molar-refractivity contribution in [3.8, 4) is 0 Å². The van der Waals surface area contributed by atoms with E-state index in [9.17, 15) is 13.2 Å². The lowest BCUT2D eigenvalue weighted by Gasteiger charge is -2.28. The van der Waals surface area contributed by atoms with Crippen molar-refractivity contribution >= 4 is 5.69 Å². The highest BCUT2D eigenvalue weighted by molar-refractivity contribution is 5.53. The molecule has 1 saturated heterocycles. The van der Waals surface area contributed by atoms with Gasteiger partial charge in [0.2, 0.25) is 0 Å². The number of ether oxygens (including phenoxy) is 1. The van der Waals surface area contributed by atoms with Crippen molar-refractivity contribution in [1.29, 1.82) is 0 Å². The number of alkyl halides is 3. The van der Waals surface area contributed by atoms with Gasteiger partial charge in [-0.2, -0.15) is 13.2 Å². The molecule has 0 bridgehead atoms. The average Bonchev–Trinajstić information content (AvgIpc) is 2.65. The molecule has 0 aromatic heterocycles. The van der Waals surface area contributed by atoms with E-state index in [-0.39, 0.29) is 13.1 Å². The topological polar surface area (TPSA) is 24.5 Å². The van der Waals surface area contributed by atoms with Crippen molar-refractivity contribution in [2.75, 3.05) is 38.2 Å². The lowest BCUT2D eigenvalue weighted by Crippen LogP contribution is -2.38. The highest BCUT2D eigenvalue weighted by Gasteiger charge is 2.41. The van der Waals surface area contributed by atoms with E-state index in [1.54, 1.807) is 12.0 Å². The van der Waals surface area contributed by atoms with Crippen LogP contribution in [0.1, 0.15) is 5.56 Å². The molecule has 2 rings (SSSR count). The fourth-order valence-corrected chi connectivity index (χ4v) is 2.45. The number of methoxy groups -OCH3 is 1. The highest BCUT2D eigenvalue weighted by Crippen LogP contribution is 2.30. The molecule has 1 atom stereocenters. The molecule has 6 heteroatoms.